The van der Waals surface area contributed by atoms with E-state index in [9.17, 15) is 4.79 Å². The largest absolute Gasteiger partial charge is 0.497 e. The van der Waals surface area contributed by atoms with Crippen LogP contribution in [-0.4, -0.2) is 20.9 Å². The number of amides is 1. The Balaban J connectivity index is 2.72. The average Bonchev–Trinajstić information content (AvgIpc) is 2.35. The number of unbranched alkanes of at least 4 members (excludes halogenated alkanes) is 1. The van der Waals surface area contributed by atoms with Crippen LogP contribution in [0.15, 0.2) is 18.2 Å². The van der Waals surface area contributed by atoms with Crippen molar-refractivity contribution in [2.24, 2.45) is 0 Å². The van der Waals surface area contributed by atoms with Gasteiger partial charge in [-0.05, 0) is 18.6 Å². The lowest BCUT2D eigenvalue weighted by atomic mass is 9.96. The smallest absolute Gasteiger partial charge is 0.224 e. The van der Waals surface area contributed by atoms with Gasteiger partial charge < -0.3 is 10.1 Å². The lowest BCUT2D eigenvalue weighted by molar-refractivity contribution is -0.116. The fraction of sp³-hybridized carbons (Fsp3) is 0.462. The summed E-state index contributed by atoms with van der Waals surface area (Å²) < 4.78 is 5.15. The van der Waals surface area contributed by atoms with E-state index in [1.165, 1.54) is 0 Å². The second-order valence-corrected chi connectivity index (χ2v) is 3.93. The molecule has 1 N–H and O–H groups in total. The highest BCUT2D eigenvalue weighted by Crippen LogP contribution is 2.21. The highest BCUT2D eigenvalue weighted by Gasteiger charge is 2.04. The number of hydrogen-bond acceptors (Lipinski definition) is 2. The van der Waals surface area contributed by atoms with Gasteiger partial charge in [-0.15, -0.1) is 0 Å². The van der Waals surface area contributed by atoms with Gasteiger partial charge in [0, 0.05) is 18.2 Å². The summed E-state index contributed by atoms with van der Waals surface area (Å²) >= 11 is 0. The SMILES string of the molecule is [B]Cc1cc(NC(=O)CCCC)cc(OC)c1. The van der Waals surface area contributed by atoms with E-state index >= 15 is 0 Å². The van der Waals surface area contributed by atoms with E-state index in [1.54, 1.807) is 13.2 Å². The van der Waals surface area contributed by atoms with Gasteiger partial charge in [0.25, 0.3) is 0 Å². The molecule has 17 heavy (non-hydrogen) atoms. The minimum atomic E-state index is 0.0306. The number of anilines is 1. The fourth-order valence-electron chi connectivity index (χ4n) is 1.53. The fourth-order valence-corrected chi connectivity index (χ4v) is 1.53. The van der Waals surface area contributed by atoms with Crippen LogP contribution < -0.4 is 10.1 Å². The van der Waals surface area contributed by atoms with E-state index in [1.807, 2.05) is 12.1 Å². The summed E-state index contributed by atoms with van der Waals surface area (Å²) in [5.41, 5.74) is 1.68. The van der Waals surface area contributed by atoms with Crippen molar-refractivity contribution in [1.82, 2.24) is 0 Å². The first-order chi connectivity index (χ1) is 8.19. The Morgan fingerprint density at radius 3 is 2.76 bits per heavy atom. The van der Waals surface area contributed by atoms with Crippen molar-refractivity contribution >= 4 is 19.4 Å². The van der Waals surface area contributed by atoms with Crippen LogP contribution in [0.3, 0.4) is 0 Å². The van der Waals surface area contributed by atoms with Gasteiger partial charge in [-0.1, -0.05) is 25.2 Å². The molecule has 0 bridgehead atoms. The minimum Gasteiger partial charge on any atom is -0.497 e. The molecule has 1 aromatic rings. The highest BCUT2D eigenvalue weighted by atomic mass is 16.5. The van der Waals surface area contributed by atoms with Gasteiger partial charge in [-0.25, -0.2) is 0 Å². The molecule has 1 amide bonds. The molecule has 0 unspecified atom stereocenters. The second-order valence-electron chi connectivity index (χ2n) is 3.93. The van der Waals surface area contributed by atoms with Crippen LogP contribution in [0.25, 0.3) is 0 Å². The Morgan fingerprint density at radius 2 is 2.18 bits per heavy atom. The number of hydrogen-bond donors (Lipinski definition) is 1. The van der Waals surface area contributed by atoms with Crippen LogP contribution in [0.4, 0.5) is 5.69 Å². The molecule has 0 saturated carbocycles. The third-order valence-electron chi connectivity index (χ3n) is 2.48. The Labute approximate surface area is 104 Å². The van der Waals surface area contributed by atoms with Crippen molar-refractivity contribution < 1.29 is 9.53 Å². The van der Waals surface area contributed by atoms with Crippen LogP contribution in [0.2, 0.25) is 0 Å². The Morgan fingerprint density at radius 1 is 1.41 bits per heavy atom. The summed E-state index contributed by atoms with van der Waals surface area (Å²) in [7, 11) is 7.18. The molecule has 0 aliphatic rings. The van der Waals surface area contributed by atoms with Crippen molar-refractivity contribution in [3.8, 4) is 5.75 Å². The van der Waals surface area contributed by atoms with Gasteiger partial charge in [0.1, 0.15) is 5.75 Å². The zero-order valence-corrected chi connectivity index (χ0v) is 10.5. The van der Waals surface area contributed by atoms with Crippen molar-refractivity contribution in [2.75, 3.05) is 12.4 Å². The summed E-state index contributed by atoms with van der Waals surface area (Å²) in [6, 6.07) is 5.52. The third kappa shape index (κ3) is 4.51. The molecule has 0 aromatic heterocycles. The molecular weight excluding hydrogens is 213 g/mol. The van der Waals surface area contributed by atoms with Crippen molar-refractivity contribution in [2.45, 2.75) is 32.5 Å². The second kappa shape index (κ2) is 6.99. The number of nitrogens with one attached hydrogen (secondary N) is 1. The first kappa shape index (κ1) is 13.6. The molecule has 0 aliphatic heterocycles. The predicted octanol–water partition coefficient (Wildman–Crippen LogP) is 2.49. The van der Waals surface area contributed by atoms with Crippen molar-refractivity contribution in [1.29, 1.82) is 0 Å². The molecule has 2 radical (unpaired) electrons. The quantitative estimate of drug-likeness (QED) is 0.764. The zero-order chi connectivity index (χ0) is 12.7. The number of carbonyl (C=O) groups is 1. The van der Waals surface area contributed by atoms with E-state index in [4.69, 9.17) is 12.6 Å². The topological polar surface area (TPSA) is 38.3 Å². The molecule has 3 nitrogen and oxygen atoms in total. The minimum absolute atomic E-state index is 0.0306. The van der Waals surface area contributed by atoms with E-state index in [-0.39, 0.29) is 5.91 Å². The van der Waals surface area contributed by atoms with Crippen molar-refractivity contribution in [3.05, 3.63) is 23.8 Å². The van der Waals surface area contributed by atoms with Gasteiger partial charge in [0.15, 0.2) is 0 Å². The molecule has 0 atom stereocenters. The monoisotopic (exact) mass is 231 g/mol. The lowest BCUT2D eigenvalue weighted by Crippen LogP contribution is -2.11. The first-order valence-corrected chi connectivity index (χ1v) is 5.87. The molecule has 1 rings (SSSR count). The number of rotatable bonds is 6. The maximum atomic E-state index is 11.6. The standard InChI is InChI=1S/C13H18BNO2/c1-3-4-5-13(16)15-11-6-10(9-14)7-12(8-11)17-2/h6-8H,3-5,9H2,1-2H3,(H,15,16). The van der Waals surface area contributed by atoms with Crippen molar-refractivity contribution in [3.63, 3.8) is 0 Å². The summed E-state index contributed by atoms with van der Waals surface area (Å²) in [4.78, 5) is 11.6. The van der Waals surface area contributed by atoms with Gasteiger partial charge in [0.2, 0.25) is 5.91 Å². The van der Waals surface area contributed by atoms with Gasteiger partial charge in [-0.3, -0.25) is 4.79 Å². The molecule has 0 spiro atoms. The van der Waals surface area contributed by atoms with Gasteiger partial charge in [-0.2, -0.15) is 0 Å². The summed E-state index contributed by atoms with van der Waals surface area (Å²) in [5.74, 6) is 0.738. The van der Waals surface area contributed by atoms with Crippen LogP contribution >= 0.6 is 0 Å². The maximum absolute atomic E-state index is 11.6. The lowest BCUT2D eigenvalue weighted by Gasteiger charge is -2.09. The average molecular weight is 231 g/mol. The first-order valence-electron chi connectivity index (χ1n) is 5.87. The molecule has 1 aromatic carbocycles. The molecule has 0 aliphatic carbocycles. The Kier molecular flexibility index (Phi) is 5.60. The molecule has 90 valence electrons. The summed E-state index contributed by atoms with van der Waals surface area (Å²) in [6.45, 7) is 2.06. The molecule has 0 heterocycles. The third-order valence-corrected chi connectivity index (χ3v) is 2.48. The number of carbonyl (C=O) groups excluding carboxylic acids is 1. The normalized spacial score (nSPS) is 10.0. The maximum Gasteiger partial charge on any atom is 0.224 e. The number of methoxy groups -OCH3 is 1. The molecule has 0 saturated heterocycles. The van der Waals surface area contributed by atoms with E-state index in [0.29, 0.717) is 18.5 Å². The van der Waals surface area contributed by atoms with Crippen LogP contribution in [0.1, 0.15) is 31.7 Å². The van der Waals surface area contributed by atoms with E-state index < -0.39 is 0 Å². The van der Waals surface area contributed by atoms with Crippen LogP contribution in [-0.2, 0) is 11.1 Å². The van der Waals surface area contributed by atoms with Gasteiger partial charge >= 0.3 is 0 Å². The number of benzene rings is 1. The van der Waals surface area contributed by atoms with E-state index in [2.05, 4.69) is 12.2 Å². The van der Waals surface area contributed by atoms with Crippen LogP contribution in [0, 0.1) is 0 Å². The zero-order valence-electron chi connectivity index (χ0n) is 10.5. The number of ether oxygens (including phenoxy) is 1. The summed E-state index contributed by atoms with van der Waals surface area (Å²) in [6.07, 6.45) is 2.89. The van der Waals surface area contributed by atoms with Gasteiger partial charge in [0.05, 0.1) is 15.0 Å². The molecular formula is C13H18BNO2. The molecule has 4 heteroatoms. The molecule has 0 fully saturated rings. The van der Waals surface area contributed by atoms with Crippen LogP contribution in [0.5, 0.6) is 5.75 Å². The van der Waals surface area contributed by atoms with E-state index in [0.717, 1.165) is 24.1 Å². The Bertz CT molecular complexity index is 357. The Hall–Kier alpha value is -1.45. The highest BCUT2D eigenvalue weighted by molar-refractivity contribution is 6.08. The summed E-state index contributed by atoms with van der Waals surface area (Å²) in [5, 5.41) is 2.85. The predicted molar refractivity (Wildman–Crippen MR) is 70.6 cm³/mol.